The maximum atomic E-state index is 12.8. The van der Waals surface area contributed by atoms with Crippen molar-refractivity contribution in [2.75, 3.05) is 25.0 Å². The Kier molecular flexibility index (Phi) is 7.04. The van der Waals surface area contributed by atoms with Gasteiger partial charge in [-0.2, -0.15) is 0 Å². The predicted octanol–water partition coefficient (Wildman–Crippen LogP) is 3.93. The fourth-order valence-corrected chi connectivity index (χ4v) is 4.66. The molecular formula is C24H29N5OS. The van der Waals surface area contributed by atoms with Crippen molar-refractivity contribution < 1.29 is 4.79 Å². The van der Waals surface area contributed by atoms with Crippen LogP contribution in [0.15, 0.2) is 59.8 Å². The number of likely N-dealkylation sites (tertiary alicyclic amines) is 1. The second-order valence-electron chi connectivity index (χ2n) is 7.88. The topological polar surface area (TPSA) is 70.2 Å². The first-order chi connectivity index (χ1) is 15.1. The molecule has 2 N–H and O–H groups in total. The molecule has 1 saturated heterocycles. The zero-order chi connectivity index (χ0) is 21.6. The third-order valence-corrected chi connectivity index (χ3v) is 6.41. The van der Waals surface area contributed by atoms with E-state index < -0.39 is 0 Å². The first kappa shape index (κ1) is 21.6. The fraction of sp³-hybridized carbons (Fsp3) is 0.375. The predicted molar refractivity (Wildman–Crippen MR) is 127 cm³/mol. The van der Waals surface area contributed by atoms with Crippen molar-refractivity contribution in [1.29, 1.82) is 0 Å². The summed E-state index contributed by atoms with van der Waals surface area (Å²) in [4.78, 5) is 24.5. The van der Waals surface area contributed by atoms with Gasteiger partial charge in [-0.1, -0.05) is 54.2 Å². The van der Waals surface area contributed by atoms with Gasteiger partial charge in [0.1, 0.15) is 5.82 Å². The summed E-state index contributed by atoms with van der Waals surface area (Å²) in [6.45, 7) is 7.55. The van der Waals surface area contributed by atoms with E-state index in [4.69, 9.17) is 0 Å². The summed E-state index contributed by atoms with van der Waals surface area (Å²) in [5.74, 6) is 0.855. The standard InChI is InChI=1S/C24H29N5OS/c1-3-25-22-20-11-7-8-12-21(20)27-24(28-22)31-17(2)23(30)26-19-13-14-29(16-19)15-18-9-5-4-6-10-18/h4-12,17,19H,3,13-16H2,1-2H3,(H,26,30)(H,25,27,28). The third kappa shape index (κ3) is 5.54. The zero-order valence-electron chi connectivity index (χ0n) is 18.0. The number of rotatable bonds is 8. The number of benzene rings is 2. The molecule has 2 heterocycles. The summed E-state index contributed by atoms with van der Waals surface area (Å²) < 4.78 is 0. The molecule has 1 aliphatic heterocycles. The molecule has 0 radical (unpaired) electrons. The highest BCUT2D eigenvalue weighted by Crippen LogP contribution is 2.27. The van der Waals surface area contributed by atoms with Crippen molar-refractivity contribution in [3.63, 3.8) is 0 Å². The minimum atomic E-state index is -0.265. The van der Waals surface area contributed by atoms with Crippen LogP contribution in [-0.4, -0.2) is 51.7 Å². The number of nitrogens with zero attached hydrogens (tertiary/aromatic N) is 3. The summed E-state index contributed by atoms with van der Waals surface area (Å²) in [6, 6.07) is 18.6. The molecule has 31 heavy (non-hydrogen) atoms. The molecule has 6 nitrogen and oxygen atoms in total. The van der Waals surface area contributed by atoms with E-state index >= 15 is 0 Å². The van der Waals surface area contributed by atoms with E-state index in [0.29, 0.717) is 5.16 Å². The van der Waals surface area contributed by atoms with Crippen LogP contribution >= 0.6 is 11.8 Å². The summed E-state index contributed by atoms with van der Waals surface area (Å²) >= 11 is 1.41. The van der Waals surface area contributed by atoms with E-state index in [-0.39, 0.29) is 17.2 Å². The number of hydrogen-bond donors (Lipinski definition) is 2. The van der Waals surface area contributed by atoms with Crippen LogP contribution in [0, 0.1) is 0 Å². The number of amides is 1. The number of nitrogens with one attached hydrogen (secondary N) is 2. The molecule has 3 aromatic rings. The van der Waals surface area contributed by atoms with Crippen LogP contribution in [-0.2, 0) is 11.3 Å². The number of hydrogen-bond acceptors (Lipinski definition) is 6. The normalized spacial score (nSPS) is 17.5. The van der Waals surface area contributed by atoms with E-state index in [1.807, 2.05) is 44.2 Å². The highest BCUT2D eigenvalue weighted by Gasteiger charge is 2.26. The SMILES string of the molecule is CCNc1nc(SC(C)C(=O)NC2CCN(Cc3ccccc3)C2)nc2ccccc12. The van der Waals surface area contributed by atoms with Gasteiger partial charge in [0.2, 0.25) is 5.91 Å². The number of aromatic nitrogens is 2. The Morgan fingerprint density at radius 2 is 1.94 bits per heavy atom. The largest absolute Gasteiger partial charge is 0.370 e. The van der Waals surface area contributed by atoms with Gasteiger partial charge in [0.15, 0.2) is 5.16 Å². The maximum Gasteiger partial charge on any atom is 0.233 e. The average Bonchev–Trinajstić information content (AvgIpc) is 3.21. The van der Waals surface area contributed by atoms with Crippen LogP contribution in [0.1, 0.15) is 25.8 Å². The Morgan fingerprint density at radius 1 is 1.16 bits per heavy atom. The van der Waals surface area contributed by atoms with Gasteiger partial charge < -0.3 is 10.6 Å². The van der Waals surface area contributed by atoms with Gasteiger partial charge in [-0.25, -0.2) is 9.97 Å². The van der Waals surface area contributed by atoms with Gasteiger partial charge in [-0.3, -0.25) is 9.69 Å². The van der Waals surface area contributed by atoms with Crippen molar-refractivity contribution >= 4 is 34.4 Å². The van der Waals surface area contributed by atoms with Crippen molar-refractivity contribution in [3.8, 4) is 0 Å². The number of anilines is 1. The quantitative estimate of drug-likeness (QED) is 0.413. The highest BCUT2D eigenvalue weighted by molar-refractivity contribution is 8.00. The van der Waals surface area contributed by atoms with Gasteiger partial charge in [0.25, 0.3) is 0 Å². The molecule has 1 aromatic heterocycles. The van der Waals surface area contributed by atoms with Crippen LogP contribution in [0.3, 0.4) is 0 Å². The molecule has 1 fully saturated rings. The van der Waals surface area contributed by atoms with E-state index in [1.54, 1.807) is 0 Å². The molecule has 0 saturated carbocycles. The lowest BCUT2D eigenvalue weighted by molar-refractivity contribution is -0.120. The van der Waals surface area contributed by atoms with E-state index in [2.05, 4.69) is 49.8 Å². The Morgan fingerprint density at radius 3 is 2.74 bits per heavy atom. The average molecular weight is 436 g/mol. The minimum absolute atomic E-state index is 0.0401. The molecule has 162 valence electrons. The first-order valence-electron chi connectivity index (χ1n) is 10.9. The van der Waals surface area contributed by atoms with Crippen molar-refractivity contribution in [2.45, 2.75) is 43.3 Å². The van der Waals surface area contributed by atoms with Crippen molar-refractivity contribution in [1.82, 2.24) is 20.2 Å². The van der Waals surface area contributed by atoms with Gasteiger partial charge in [0, 0.05) is 37.6 Å². The van der Waals surface area contributed by atoms with E-state index in [9.17, 15) is 4.79 Å². The molecule has 2 unspecified atom stereocenters. The van der Waals surface area contributed by atoms with Crippen molar-refractivity contribution in [2.24, 2.45) is 0 Å². The molecule has 0 spiro atoms. The molecule has 7 heteroatoms. The number of fused-ring (bicyclic) bond motifs is 1. The van der Waals surface area contributed by atoms with Crippen LogP contribution in [0.2, 0.25) is 0 Å². The molecule has 0 bridgehead atoms. The molecular weight excluding hydrogens is 406 g/mol. The van der Waals surface area contributed by atoms with Gasteiger partial charge in [0.05, 0.1) is 10.8 Å². The van der Waals surface area contributed by atoms with E-state index in [1.165, 1.54) is 17.3 Å². The molecule has 4 rings (SSSR count). The van der Waals surface area contributed by atoms with Crippen LogP contribution in [0.4, 0.5) is 5.82 Å². The molecule has 1 aliphatic rings. The Labute approximate surface area is 187 Å². The number of carbonyl (C=O) groups excluding carboxylic acids is 1. The molecule has 2 aromatic carbocycles. The van der Waals surface area contributed by atoms with Crippen LogP contribution in [0.5, 0.6) is 0 Å². The first-order valence-corrected chi connectivity index (χ1v) is 11.7. The fourth-order valence-electron chi connectivity index (χ4n) is 3.88. The zero-order valence-corrected chi connectivity index (χ0v) is 18.9. The Bertz CT molecular complexity index is 1030. The third-order valence-electron chi connectivity index (χ3n) is 5.45. The summed E-state index contributed by atoms with van der Waals surface area (Å²) in [6.07, 6.45) is 0.979. The Hall–Kier alpha value is -2.64. The monoisotopic (exact) mass is 435 g/mol. The second kappa shape index (κ2) is 10.1. The highest BCUT2D eigenvalue weighted by atomic mass is 32.2. The van der Waals surface area contributed by atoms with Gasteiger partial charge >= 0.3 is 0 Å². The van der Waals surface area contributed by atoms with Crippen LogP contribution in [0.25, 0.3) is 10.9 Å². The Balaban J connectivity index is 1.35. The molecule has 2 atom stereocenters. The lowest BCUT2D eigenvalue weighted by Crippen LogP contribution is -2.40. The number of thioether (sulfide) groups is 1. The van der Waals surface area contributed by atoms with Gasteiger partial charge in [-0.05, 0) is 38.0 Å². The summed E-state index contributed by atoms with van der Waals surface area (Å²) in [7, 11) is 0. The summed E-state index contributed by atoms with van der Waals surface area (Å²) in [5.41, 5.74) is 2.19. The van der Waals surface area contributed by atoms with Crippen molar-refractivity contribution in [3.05, 3.63) is 60.2 Å². The summed E-state index contributed by atoms with van der Waals surface area (Å²) in [5, 5.41) is 7.88. The van der Waals surface area contributed by atoms with E-state index in [0.717, 1.165) is 49.3 Å². The smallest absolute Gasteiger partial charge is 0.233 e. The molecule has 0 aliphatic carbocycles. The maximum absolute atomic E-state index is 12.8. The molecule has 1 amide bonds. The van der Waals surface area contributed by atoms with Gasteiger partial charge in [-0.15, -0.1) is 0 Å². The lowest BCUT2D eigenvalue weighted by atomic mass is 10.2. The lowest BCUT2D eigenvalue weighted by Gasteiger charge is -2.18. The number of para-hydroxylation sites is 1. The van der Waals surface area contributed by atoms with Crippen LogP contribution < -0.4 is 10.6 Å². The second-order valence-corrected chi connectivity index (χ2v) is 9.19. The number of carbonyl (C=O) groups is 1. The minimum Gasteiger partial charge on any atom is -0.370 e.